The van der Waals surface area contributed by atoms with E-state index in [4.69, 9.17) is 0 Å². The molecule has 5 fully saturated rings. The summed E-state index contributed by atoms with van der Waals surface area (Å²) in [5.41, 5.74) is 1.51. The molecular weight excluding hydrogens is 871 g/mol. The van der Waals surface area contributed by atoms with Crippen LogP contribution in [0.15, 0.2) is 24.4 Å². The van der Waals surface area contributed by atoms with Crippen molar-refractivity contribution in [2.75, 3.05) is 136 Å². The van der Waals surface area contributed by atoms with Gasteiger partial charge in [-0.05, 0) is 155 Å². The van der Waals surface area contributed by atoms with Crippen LogP contribution >= 0.6 is 0 Å². The average molecular weight is 993 g/mol. The molecule has 6 heterocycles. The fourth-order valence-corrected chi connectivity index (χ4v) is 8.98. The van der Waals surface area contributed by atoms with Crippen molar-refractivity contribution in [3.63, 3.8) is 0 Å². The highest BCUT2D eigenvalue weighted by atomic mass is 16.2. The monoisotopic (exact) mass is 992 g/mol. The Morgan fingerprint density at radius 1 is 0.471 bits per heavy atom. The molecule has 70 heavy (non-hydrogen) atoms. The van der Waals surface area contributed by atoms with Crippen LogP contribution in [0.4, 0.5) is 10.6 Å². The zero-order valence-corrected chi connectivity index (χ0v) is 46.4. The fraction of sp³-hybridized carbons (Fsp3) is 0.877. The summed E-state index contributed by atoms with van der Waals surface area (Å²) in [6, 6.07) is 6.19. The first-order chi connectivity index (χ1) is 30.6. The van der Waals surface area contributed by atoms with Crippen molar-refractivity contribution in [2.24, 2.45) is 0 Å². The maximum atomic E-state index is 11.6. The van der Waals surface area contributed by atoms with Crippen LogP contribution in [0.5, 0.6) is 0 Å². The summed E-state index contributed by atoms with van der Waals surface area (Å²) in [5.74, 6) is 1.31. The Morgan fingerprint density at radius 2 is 0.814 bits per heavy atom. The van der Waals surface area contributed by atoms with Crippen LogP contribution in [0.3, 0.4) is 0 Å². The molecule has 6 rings (SSSR count). The Balaban J connectivity index is -0.000000797. The predicted molar refractivity (Wildman–Crippen MR) is 309 cm³/mol. The first kappa shape index (κ1) is 71.7. The van der Waals surface area contributed by atoms with E-state index in [9.17, 15) is 9.59 Å². The zero-order chi connectivity index (χ0) is 49.9. The number of nitrogens with zero attached hydrogens (tertiary/aromatic N) is 10. The lowest BCUT2D eigenvalue weighted by atomic mass is 10.0. The Hall–Kier alpha value is -2.55. The smallest absolute Gasteiger partial charge is 0.317 e. The third kappa shape index (κ3) is 26.9. The lowest BCUT2D eigenvalue weighted by Crippen LogP contribution is -2.56. The van der Waals surface area contributed by atoms with Gasteiger partial charge in [0.1, 0.15) is 5.82 Å². The Kier molecular flexibility index (Phi) is 34.1. The zero-order valence-electron chi connectivity index (χ0n) is 46.4. The largest absolute Gasteiger partial charge is 0.354 e. The van der Waals surface area contributed by atoms with Crippen molar-refractivity contribution in [1.82, 2.24) is 49.5 Å². The van der Waals surface area contributed by atoms with E-state index >= 15 is 0 Å². The standard InChI is InChI=1S/C13H21N3.C11H23N3O.C10H20N2O.C10H22N2.C9H19N.4CH4/c1-13(2,3)16-10-8-15(9-11-16)12-6-4-5-7-14-12;1-5-12-10(15)13-6-8-14(9-7-13)11(2,3)4;1-9(13)11-5-7-12(8-6-11)10(2,3)4;1-5-11-6-8-12(9-7-11)10(2,3)4;1-9(2,3)10-7-5-4-6-8-10;;;;/h4-7H,8-11H2,1-3H3;5-9H2,1-4H3,(H,12,15);5-8H2,1-4H3;5-9H2,1-4H3;4-8H2,1-3H3;4*1H4. The van der Waals surface area contributed by atoms with Crippen LogP contribution in [-0.2, 0) is 4.79 Å². The molecule has 0 aromatic carbocycles. The summed E-state index contributed by atoms with van der Waals surface area (Å²) in [4.78, 5) is 48.2. The number of hydrogen-bond donors (Lipinski definition) is 1. The van der Waals surface area contributed by atoms with Gasteiger partial charge in [0, 0.05) is 152 Å². The van der Waals surface area contributed by atoms with Gasteiger partial charge < -0.3 is 24.9 Å². The molecule has 5 aliphatic heterocycles. The van der Waals surface area contributed by atoms with Crippen molar-refractivity contribution in [3.05, 3.63) is 24.4 Å². The maximum absolute atomic E-state index is 11.6. The third-order valence-corrected chi connectivity index (χ3v) is 13.8. The highest BCUT2D eigenvalue weighted by molar-refractivity contribution is 5.74. The number of urea groups is 1. The van der Waals surface area contributed by atoms with Gasteiger partial charge in [-0.25, -0.2) is 9.78 Å². The minimum atomic E-state index is 0. The predicted octanol–water partition coefficient (Wildman–Crippen LogP) is 10.3. The molecule has 13 heteroatoms. The molecular formula is C57H121N11O2. The molecule has 1 aromatic heterocycles. The van der Waals surface area contributed by atoms with Crippen LogP contribution in [-0.4, -0.2) is 215 Å². The molecule has 416 valence electrons. The minimum absolute atomic E-state index is 0. The molecule has 0 aliphatic carbocycles. The third-order valence-electron chi connectivity index (χ3n) is 13.8. The van der Waals surface area contributed by atoms with Gasteiger partial charge in [0.25, 0.3) is 0 Å². The topological polar surface area (TPSA) is 88.2 Å². The van der Waals surface area contributed by atoms with Crippen molar-refractivity contribution >= 4 is 17.8 Å². The molecule has 0 bridgehead atoms. The van der Waals surface area contributed by atoms with Gasteiger partial charge >= 0.3 is 6.03 Å². The van der Waals surface area contributed by atoms with Crippen molar-refractivity contribution in [3.8, 4) is 0 Å². The van der Waals surface area contributed by atoms with Crippen molar-refractivity contribution in [1.29, 1.82) is 0 Å². The lowest BCUT2D eigenvalue weighted by Gasteiger charge is -2.42. The molecule has 5 aliphatic rings. The van der Waals surface area contributed by atoms with Crippen molar-refractivity contribution in [2.45, 2.75) is 201 Å². The van der Waals surface area contributed by atoms with E-state index in [0.717, 1.165) is 84.4 Å². The lowest BCUT2D eigenvalue weighted by molar-refractivity contribution is -0.131. The number of piperazine rings is 4. The number of carbonyl (C=O) groups excluding carboxylic acids is 2. The van der Waals surface area contributed by atoms with Crippen LogP contribution in [0.1, 0.15) is 174 Å². The number of carbonyl (C=O) groups is 2. The van der Waals surface area contributed by atoms with Gasteiger partial charge in [-0.1, -0.05) is 49.1 Å². The second-order valence-corrected chi connectivity index (χ2v) is 23.8. The molecule has 0 saturated carbocycles. The fourth-order valence-electron chi connectivity index (χ4n) is 8.98. The highest BCUT2D eigenvalue weighted by Crippen LogP contribution is 2.21. The molecule has 5 saturated heterocycles. The molecule has 0 radical (unpaired) electrons. The Morgan fingerprint density at radius 3 is 1.11 bits per heavy atom. The first-order valence-electron chi connectivity index (χ1n) is 26.0. The summed E-state index contributed by atoms with van der Waals surface area (Å²) in [6.07, 6.45) is 6.10. The second-order valence-electron chi connectivity index (χ2n) is 23.8. The quantitative estimate of drug-likeness (QED) is 0.316. The van der Waals surface area contributed by atoms with E-state index in [0.29, 0.717) is 17.6 Å². The van der Waals surface area contributed by atoms with Gasteiger partial charge in [0.2, 0.25) is 5.91 Å². The molecule has 1 aromatic rings. The summed E-state index contributed by atoms with van der Waals surface area (Å²) >= 11 is 0. The number of hydrogen-bond acceptors (Lipinski definition) is 10. The molecule has 0 unspecified atom stereocenters. The number of amides is 3. The summed E-state index contributed by atoms with van der Waals surface area (Å²) in [7, 11) is 0. The average Bonchev–Trinajstić information content (AvgIpc) is 3.27. The minimum Gasteiger partial charge on any atom is -0.354 e. The van der Waals surface area contributed by atoms with Crippen LogP contribution in [0, 0.1) is 0 Å². The van der Waals surface area contributed by atoms with Crippen LogP contribution < -0.4 is 10.2 Å². The molecule has 13 nitrogen and oxygen atoms in total. The van der Waals surface area contributed by atoms with Crippen LogP contribution in [0.25, 0.3) is 0 Å². The molecule has 0 spiro atoms. The number of anilines is 1. The van der Waals surface area contributed by atoms with E-state index in [1.165, 1.54) is 65.1 Å². The van der Waals surface area contributed by atoms with Crippen molar-refractivity contribution < 1.29 is 9.59 Å². The van der Waals surface area contributed by atoms with E-state index in [1.54, 1.807) is 6.92 Å². The van der Waals surface area contributed by atoms with E-state index in [-0.39, 0.29) is 58.3 Å². The maximum Gasteiger partial charge on any atom is 0.317 e. The second kappa shape index (κ2) is 33.3. The summed E-state index contributed by atoms with van der Waals surface area (Å²) < 4.78 is 0. The SMILES string of the molecule is C.C.C.C.CC(=O)N1CCN(C(C)(C)C)CC1.CC(C)(C)N1CCCCC1.CC(C)(C)N1CCN(c2ccccn2)CC1.CCN1CCN(C(C)(C)C)CC1.CCNC(=O)N1CCN(C(C)(C)C)CC1. The number of likely N-dealkylation sites (tertiary alicyclic amines) is 1. The molecule has 3 amide bonds. The van der Waals surface area contributed by atoms with Gasteiger partial charge in [-0.15, -0.1) is 0 Å². The Bertz CT molecular complexity index is 1460. The van der Waals surface area contributed by atoms with E-state index < -0.39 is 0 Å². The number of nitrogens with one attached hydrogen (secondary N) is 1. The Labute approximate surface area is 436 Å². The van der Waals surface area contributed by atoms with E-state index in [1.807, 2.05) is 29.0 Å². The van der Waals surface area contributed by atoms with Gasteiger partial charge in [-0.3, -0.25) is 29.3 Å². The number of likely N-dealkylation sites (N-methyl/N-ethyl adjacent to an activating group) is 1. The summed E-state index contributed by atoms with van der Waals surface area (Å²) in [6.45, 7) is 61.1. The van der Waals surface area contributed by atoms with Gasteiger partial charge in [0.15, 0.2) is 0 Å². The van der Waals surface area contributed by atoms with Crippen LogP contribution in [0.2, 0.25) is 0 Å². The number of aromatic nitrogens is 1. The molecule has 1 N–H and O–H groups in total. The molecule has 0 atom stereocenters. The normalized spacial score (nSPS) is 19.4. The summed E-state index contributed by atoms with van der Waals surface area (Å²) in [5, 5.41) is 2.84. The number of piperidine rings is 1. The highest BCUT2D eigenvalue weighted by Gasteiger charge is 2.30. The number of rotatable bonds is 3. The van der Waals surface area contributed by atoms with E-state index in [2.05, 4.69) is 168 Å². The number of pyridine rings is 1. The first-order valence-corrected chi connectivity index (χ1v) is 26.0. The van der Waals surface area contributed by atoms with Gasteiger partial charge in [0.05, 0.1) is 0 Å². The van der Waals surface area contributed by atoms with Gasteiger partial charge in [-0.2, -0.15) is 0 Å².